The maximum atomic E-state index is 12.0. The molecule has 0 spiro atoms. The van der Waals surface area contributed by atoms with Gasteiger partial charge >= 0.3 is 0 Å². The summed E-state index contributed by atoms with van der Waals surface area (Å²) < 4.78 is 0.936. The Hall–Kier alpha value is -1.48. The van der Waals surface area contributed by atoms with Crippen LogP contribution < -0.4 is 0 Å². The van der Waals surface area contributed by atoms with Crippen molar-refractivity contribution in [3.8, 4) is 0 Å². The summed E-state index contributed by atoms with van der Waals surface area (Å²) in [5, 5.41) is 0. The van der Waals surface area contributed by atoms with Crippen LogP contribution in [0.3, 0.4) is 0 Å². The van der Waals surface area contributed by atoms with E-state index in [0.29, 0.717) is 6.42 Å². The van der Waals surface area contributed by atoms with Crippen molar-refractivity contribution < 1.29 is 4.79 Å². The highest BCUT2D eigenvalue weighted by Crippen LogP contribution is 2.15. The molecule has 0 N–H and O–H groups in total. The van der Waals surface area contributed by atoms with Gasteiger partial charge in [0.25, 0.3) is 0 Å². The molecule has 0 unspecified atom stereocenters. The Morgan fingerprint density at radius 2 is 2.00 bits per heavy atom. The molecule has 2 aromatic rings. The summed E-state index contributed by atoms with van der Waals surface area (Å²) in [5.41, 5.74) is 2.60. The van der Waals surface area contributed by atoms with E-state index in [1.54, 1.807) is 6.20 Å². The second-order valence-corrected chi connectivity index (χ2v) is 4.80. The second kappa shape index (κ2) is 5.23. The number of ketones is 1. The number of aromatic nitrogens is 1. The number of nitrogens with zero attached hydrogens (tertiary/aromatic N) is 1. The van der Waals surface area contributed by atoms with Crippen LogP contribution in [0.15, 0.2) is 47.1 Å². The number of hydrogen-bond acceptors (Lipinski definition) is 2. The molecule has 0 aliphatic rings. The van der Waals surface area contributed by atoms with Crippen molar-refractivity contribution in [2.24, 2.45) is 0 Å². The first-order valence-corrected chi connectivity index (χ1v) is 6.15. The number of aryl methyl sites for hydroxylation is 1. The van der Waals surface area contributed by atoms with Gasteiger partial charge in [0.2, 0.25) is 0 Å². The molecule has 1 aromatic heterocycles. The summed E-state index contributed by atoms with van der Waals surface area (Å²) >= 11 is 3.36. The van der Waals surface area contributed by atoms with Gasteiger partial charge in [0.1, 0.15) is 0 Å². The van der Waals surface area contributed by atoms with Crippen LogP contribution in [-0.2, 0) is 6.42 Å². The van der Waals surface area contributed by atoms with Gasteiger partial charge in [-0.05, 0) is 34.5 Å². The van der Waals surface area contributed by atoms with E-state index >= 15 is 0 Å². The van der Waals surface area contributed by atoms with Gasteiger partial charge in [-0.25, -0.2) is 0 Å². The molecule has 0 radical (unpaired) electrons. The lowest BCUT2D eigenvalue weighted by atomic mass is 10.0. The van der Waals surface area contributed by atoms with Crippen LogP contribution in [-0.4, -0.2) is 10.8 Å². The van der Waals surface area contributed by atoms with Crippen molar-refractivity contribution in [3.63, 3.8) is 0 Å². The molecule has 86 valence electrons. The van der Waals surface area contributed by atoms with Gasteiger partial charge in [-0.1, -0.05) is 30.3 Å². The minimum absolute atomic E-state index is 0.100. The fourth-order valence-electron chi connectivity index (χ4n) is 1.63. The standard InChI is InChI=1S/C14H12BrNO/c1-10-7-12(15)9-16-13(10)8-14(17)11-5-3-2-4-6-11/h2-7,9H,8H2,1H3. The number of carbonyl (C=O) groups excluding carboxylic acids is 1. The first-order valence-electron chi connectivity index (χ1n) is 5.36. The van der Waals surface area contributed by atoms with Crippen LogP contribution in [0.2, 0.25) is 0 Å². The predicted octanol–water partition coefficient (Wildman–Crippen LogP) is 3.58. The number of rotatable bonds is 3. The molecule has 1 aromatic carbocycles. The first kappa shape index (κ1) is 12.0. The quantitative estimate of drug-likeness (QED) is 0.809. The van der Waals surface area contributed by atoms with Gasteiger partial charge in [0.05, 0.1) is 12.1 Å². The molecule has 2 nitrogen and oxygen atoms in total. The average Bonchev–Trinajstić information content (AvgIpc) is 2.34. The minimum Gasteiger partial charge on any atom is -0.294 e. The second-order valence-electron chi connectivity index (χ2n) is 3.88. The Morgan fingerprint density at radius 3 is 2.65 bits per heavy atom. The summed E-state index contributed by atoms with van der Waals surface area (Å²) in [5.74, 6) is 0.100. The molecule has 0 aliphatic heterocycles. The third kappa shape index (κ3) is 3.01. The van der Waals surface area contributed by atoms with E-state index in [-0.39, 0.29) is 5.78 Å². The first-order chi connectivity index (χ1) is 8.16. The van der Waals surface area contributed by atoms with Gasteiger partial charge in [-0.2, -0.15) is 0 Å². The highest BCUT2D eigenvalue weighted by Gasteiger charge is 2.09. The van der Waals surface area contributed by atoms with E-state index in [1.807, 2.05) is 43.3 Å². The van der Waals surface area contributed by atoms with Gasteiger partial charge in [-0.3, -0.25) is 9.78 Å². The predicted molar refractivity (Wildman–Crippen MR) is 71.2 cm³/mol. The number of hydrogen-bond donors (Lipinski definition) is 0. The average molecular weight is 290 g/mol. The molecule has 0 fully saturated rings. The number of carbonyl (C=O) groups is 1. The van der Waals surface area contributed by atoms with Crippen LogP contribution in [0, 0.1) is 6.92 Å². The van der Waals surface area contributed by atoms with Gasteiger partial charge in [0.15, 0.2) is 5.78 Å². The molecule has 17 heavy (non-hydrogen) atoms. The Balaban J connectivity index is 2.19. The largest absolute Gasteiger partial charge is 0.294 e. The van der Waals surface area contributed by atoms with Crippen LogP contribution in [0.25, 0.3) is 0 Å². The Bertz CT molecular complexity index is 537. The van der Waals surface area contributed by atoms with Gasteiger partial charge in [-0.15, -0.1) is 0 Å². The third-order valence-electron chi connectivity index (χ3n) is 2.58. The van der Waals surface area contributed by atoms with E-state index < -0.39 is 0 Å². The smallest absolute Gasteiger partial charge is 0.168 e. The van der Waals surface area contributed by atoms with Crippen molar-refractivity contribution in [2.45, 2.75) is 13.3 Å². The maximum absolute atomic E-state index is 12.0. The molecule has 0 saturated carbocycles. The third-order valence-corrected chi connectivity index (χ3v) is 3.01. The van der Waals surface area contributed by atoms with Crippen LogP contribution in [0.1, 0.15) is 21.6 Å². The van der Waals surface area contributed by atoms with E-state index in [0.717, 1.165) is 21.3 Å². The van der Waals surface area contributed by atoms with Crippen LogP contribution >= 0.6 is 15.9 Å². The lowest BCUT2D eigenvalue weighted by Crippen LogP contribution is -2.06. The number of halogens is 1. The fourth-order valence-corrected chi connectivity index (χ4v) is 2.08. The zero-order valence-corrected chi connectivity index (χ0v) is 11.1. The minimum atomic E-state index is 0.100. The van der Waals surface area contributed by atoms with Crippen molar-refractivity contribution in [3.05, 3.63) is 63.9 Å². The lowest BCUT2D eigenvalue weighted by Gasteiger charge is -2.04. The number of pyridine rings is 1. The zero-order valence-electron chi connectivity index (χ0n) is 9.48. The molecule has 0 atom stereocenters. The summed E-state index contributed by atoms with van der Waals surface area (Å²) in [4.78, 5) is 16.3. The number of Topliss-reactive ketones (excluding diaryl/α,β-unsaturated/α-hetero) is 1. The summed E-state index contributed by atoms with van der Waals surface area (Å²) in [7, 11) is 0. The molecule has 0 amide bonds. The summed E-state index contributed by atoms with van der Waals surface area (Å²) in [6.45, 7) is 1.96. The molecule has 0 bridgehead atoms. The van der Waals surface area contributed by atoms with Crippen molar-refractivity contribution in [1.29, 1.82) is 0 Å². The molecule has 3 heteroatoms. The van der Waals surface area contributed by atoms with Crippen LogP contribution in [0.5, 0.6) is 0 Å². The Labute approximate surface area is 109 Å². The highest BCUT2D eigenvalue weighted by atomic mass is 79.9. The molecular formula is C14H12BrNO. The lowest BCUT2D eigenvalue weighted by molar-refractivity contribution is 0.0991. The Morgan fingerprint density at radius 1 is 1.29 bits per heavy atom. The molecule has 2 rings (SSSR count). The number of benzene rings is 1. The zero-order chi connectivity index (χ0) is 12.3. The molecule has 1 heterocycles. The monoisotopic (exact) mass is 289 g/mol. The SMILES string of the molecule is Cc1cc(Br)cnc1CC(=O)c1ccccc1. The van der Waals surface area contributed by atoms with E-state index in [1.165, 1.54) is 0 Å². The van der Waals surface area contributed by atoms with Crippen molar-refractivity contribution >= 4 is 21.7 Å². The summed E-state index contributed by atoms with van der Waals surface area (Å²) in [6, 6.07) is 11.3. The maximum Gasteiger partial charge on any atom is 0.168 e. The van der Waals surface area contributed by atoms with Crippen LogP contribution in [0.4, 0.5) is 0 Å². The van der Waals surface area contributed by atoms with E-state index in [4.69, 9.17) is 0 Å². The molecule has 0 aliphatic carbocycles. The summed E-state index contributed by atoms with van der Waals surface area (Å²) in [6.07, 6.45) is 2.07. The van der Waals surface area contributed by atoms with Crippen molar-refractivity contribution in [1.82, 2.24) is 4.98 Å². The molecular weight excluding hydrogens is 278 g/mol. The Kier molecular flexibility index (Phi) is 3.69. The normalized spacial score (nSPS) is 10.2. The van der Waals surface area contributed by atoms with Crippen molar-refractivity contribution in [2.75, 3.05) is 0 Å². The van der Waals surface area contributed by atoms with E-state index in [2.05, 4.69) is 20.9 Å². The fraction of sp³-hybridized carbons (Fsp3) is 0.143. The van der Waals surface area contributed by atoms with Gasteiger partial charge < -0.3 is 0 Å². The molecule has 0 saturated heterocycles. The topological polar surface area (TPSA) is 30.0 Å². The highest BCUT2D eigenvalue weighted by molar-refractivity contribution is 9.10. The van der Waals surface area contributed by atoms with Gasteiger partial charge in [0, 0.05) is 16.2 Å². The van der Waals surface area contributed by atoms with E-state index in [9.17, 15) is 4.79 Å².